The number of ether oxygens (including phenoxy) is 1. The van der Waals surface area contributed by atoms with Gasteiger partial charge in [0.1, 0.15) is 11.2 Å². The fourth-order valence-electron chi connectivity index (χ4n) is 2.16. The van der Waals surface area contributed by atoms with Gasteiger partial charge in [-0.1, -0.05) is 6.42 Å². The highest BCUT2D eigenvalue weighted by Crippen LogP contribution is 2.36. The van der Waals surface area contributed by atoms with Crippen LogP contribution in [0.2, 0.25) is 0 Å². The van der Waals surface area contributed by atoms with E-state index in [-0.39, 0.29) is 11.9 Å². The molecule has 1 atom stereocenters. The zero-order valence-corrected chi connectivity index (χ0v) is 9.99. The first-order valence-corrected chi connectivity index (χ1v) is 5.87. The summed E-state index contributed by atoms with van der Waals surface area (Å²) in [4.78, 5) is 23.1. The summed E-state index contributed by atoms with van der Waals surface area (Å²) >= 11 is 0. The van der Waals surface area contributed by atoms with Crippen molar-refractivity contribution in [3.8, 4) is 0 Å². The normalized spacial score (nSPS) is 26.1. The van der Waals surface area contributed by atoms with E-state index in [9.17, 15) is 14.7 Å². The molecule has 4 nitrogen and oxygen atoms in total. The smallest absolute Gasteiger partial charge is 0.317 e. The summed E-state index contributed by atoms with van der Waals surface area (Å²) in [6, 6.07) is 0. The van der Waals surface area contributed by atoms with Gasteiger partial charge >= 0.3 is 5.97 Å². The molecule has 1 unspecified atom stereocenters. The van der Waals surface area contributed by atoms with E-state index in [1.807, 2.05) is 13.8 Å². The van der Waals surface area contributed by atoms with Crippen molar-refractivity contribution in [2.45, 2.75) is 52.1 Å². The number of carboxylic acid groups (broad SMARTS) is 1. The largest absolute Gasteiger partial charge is 0.480 e. The molecule has 0 radical (unpaired) electrons. The maximum absolute atomic E-state index is 11.8. The molecular formula is C12H20O4. The molecule has 0 saturated heterocycles. The van der Waals surface area contributed by atoms with E-state index >= 15 is 0 Å². The van der Waals surface area contributed by atoms with Crippen LogP contribution in [-0.2, 0) is 14.3 Å². The maximum Gasteiger partial charge on any atom is 0.317 e. The van der Waals surface area contributed by atoms with Crippen LogP contribution in [-0.4, -0.2) is 29.6 Å². The first-order valence-electron chi connectivity index (χ1n) is 5.87. The van der Waals surface area contributed by atoms with Crippen molar-refractivity contribution >= 4 is 11.8 Å². The molecule has 4 heteroatoms. The standard InChI is InChI=1S/C12H20O4/c1-9(2)16-8-7-12(11(14)15)6-4-3-5-10(12)13/h9H,3-8H2,1-2H3,(H,14,15). The van der Waals surface area contributed by atoms with Gasteiger partial charge in [-0.2, -0.15) is 0 Å². The summed E-state index contributed by atoms with van der Waals surface area (Å²) in [6.45, 7) is 4.14. The monoisotopic (exact) mass is 228 g/mol. The molecule has 0 amide bonds. The van der Waals surface area contributed by atoms with Gasteiger partial charge < -0.3 is 9.84 Å². The molecule has 0 aromatic heterocycles. The Morgan fingerprint density at radius 3 is 2.69 bits per heavy atom. The summed E-state index contributed by atoms with van der Waals surface area (Å²) in [5.41, 5.74) is -1.17. The van der Waals surface area contributed by atoms with Gasteiger partial charge in [-0.15, -0.1) is 0 Å². The van der Waals surface area contributed by atoms with Gasteiger partial charge in [0.25, 0.3) is 0 Å². The SMILES string of the molecule is CC(C)OCCC1(C(=O)O)CCCCC1=O. The maximum atomic E-state index is 11.8. The summed E-state index contributed by atoms with van der Waals surface area (Å²) in [5.74, 6) is -1.11. The molecule has 92 valence electrons. The average molecular weight is 228 g/mol. The van der Waals surface area contributed by atoms with Crippen molar-refractivity contribution in [1.29, 1.82) is 0 Å². The molecule has 0 aromatic rings. The van der Waals surface area contributed by atoms with Crippen molar-refractivity contribution in [1.82, 2.24) is 0 Å². The average Bonchev–Trinajstić information content (AvgIpc) is 2.20. The van der Waals surface area contributed by atoms with Crippen LogP contribution in [0.5, 0.6) is 0 Å². The summed E-state index contributed by atoms with van der Waals surface area (Å²) in [6.07, 6.45) is 2.87. The third-order valence-corrected chi connectivity index (χ3v) is 3.18. The van der Waals surface area contributed by atoms with Gasteiger partial charge in [-0.3, -0.25) is 9.59 Å². The molecule has 0 spiro atoms. The fraction of sp³-hybridized carbons (Fsp3) is 0.833. The lowest BCUT2D eigenvalue weighted by Crippen LogP contribution is -2.42. The Kier molecular flexibility index (Phi) is 4.47. The Morgan fingerprint density at radius 2 is 2.19 bits per heavy atom. The van der Waals surface area contributed by atoms with Gasteiger partial charge in [0, 0.05) is 13.0 Å². The second kappa shape index (κ2) is 5.43. The van der Waals surface area contributed by atoms with E-state index in [4.69, 9.17) is 4.74 Å². The van der Waals surface area contributed by atoms with E-state index in [1.54, 1.807) is 0 Å². The molecular weight excluding hydrogens is 208 g/mol. The lowest BCUT2D eigenvalue weighted by Gasteiger charge is -2.31. The number of aliphatic carboxylic acids is 1. The van der Waals surface area contributed by atoms with Gasteiger partial charge in [0.05, 0.1) is 6.10 Å². The van der Waals surface area contributed by atoms with Crippen LogP contribution in [0.4, 0.5) is 0 Å². The third kappa shape index (κ3) is 2.82. The molecule has 1 aliphatic rings. The van der Waals surface area contributed by atoms with Crippen LogP contribution in [0.3, 0.4) is 0 Å². The van der Waals surface area contributed by atoms with E-state index in [1.165, 1.54) is 0 Å². The van der Waals surface area contributed by atoms with Gasteiger partial charge in [0.2, 0.25) is 0 Å². The Morgan fingerprint density at radius 1 is 1.50 bits per heavy atom. The second-order valence-corrected chi connectivity index (χ2v) is 4.69. The second-order valence-electron chi connectivity index (χ2n) is 4.69. The van der Waals surface area contributed by atoms with Crippen molar-refractivity contribution in [2.75, 3.05) is 6.61 Å². The topological polar surface area (TPSA) is 63.6 Å². The quantitative estimate of drug-likeness (QED) is 0.731. The molecule has 16 heavy (non-hydrogen) atoms. The van der Waals surface area contributed by atoms with Crippen molar-refractivity contribution in [3.05, 3.63) is 0 Å². The summed E-state index contributed by atoms with van der Waals surface area (Å²) in [5, 5.41) is 9.25. The van der Waals surface area contributed by atoms with E-state index in [0.29, 0.717) is 25.9 Å². The fourth-order valence-corrected chi connectivity index (χ4v) is 2.16. The summed E-state index contributed by atoms with van der Waals surface area (Å²) < 4.78 is 5.35. The molecule has 1 saturated carbocycles. The molecule has 1 rings (SSSR count). The predicted molar refractivity (Wildman–Crippen MR) is 59.2 cm³/mol. The molecule has 0 aliphatic heterocycles. The molecule has 1 N–H and O–H groups in total. The van der Waals surface area contributed by atoms with Crippen LogP contribution < -0.4 is 0 Å². The minimum absolute atomic E-state index is 0.0736. The zero-order chi connectivity index (χ0) is 12.2. The van der Waals surface area contributed by atoms with Crippen molar-refractivity contribution in [2.24, 2.45) is 5.41 Å². The van der Waals surface area contributed by atoms with E-state index in [0.717, 1.165) is 12.8 Å². The minimum Gasteiger partial charge on any atom is -0.480 e. The van der Waals surface area contributed by atoms with Crippen molar-refractivity contribution in [3.63, 3.8) is 0 Å². The predicted octanol–water partition coefficient (Wildman–Crippen LogP) is 2.02. The molecule has 0 bridgehead atoms. The number of rotatable bonds is 5. The molecule has 0 aromatic carbocycles. The van der Waals surface area contributed by atoms with Crippen molar-refractivity contribution < 1.29 is 19.4 Å². The molecule has 1 aliphatic carbocycles. The number of ketones is 1. The van der Waals surface area contributed by atoms with Gasteiger partial charge in [-0.05, 0) is 33.1 Å². The van der Waals surface area contributed by atoms with Crippen LogP contribution in [0, 0.1) is 5.41 Å². The Bertz CT molecular complexity index is 272. The lowest BCUT2D eigenvalue weighted by atomic mass is 9.71. The van der Waals surface area contributed by atoms with Crippen LogP contribution >= 0.6 is 0 Å². The third-order valence-electron chi connectivity index (χ3n) is 3.18. The van der Waals surface area contributed by atoms with Gasteiger partial charge in [-0.25, -0.2) is 0 Å². The first-order chi connectivity index (χ1) is 7.49. The first kappa shape index (κ1) is 13.2. The number of hydrogen-bond donors (Lipinski definition) is 1. The highest BCUT2D eigenvalue weighted by Gasteiger charge is 2.46. The summed E-state index contributed by atoms with van der Waals surface area (Å²) in [7, 11) is 0. The Labute approximate surface area is 96.0 Å². The lowest BCUT2D eigenvalue weighted by molar-refractivity contribution is -0.159. The number of hydrogen-bond acceptors (Lipinski definition) is 3. The number of Topliss-reactive ketones (excluding diaryl/α,β-unsaturated/α-hetero) is 1. The Hall–Kier alpha value is -0.900. The van der Waals surface area contributed by atoms with E-state index in [2.05, 4.69) is 0 Å². The Balaban J connectivity index is 2.64. The molecule has 1 fully saturated rings. The number of carboxylic acids is 1. The van der Waals surface area contributed by atoms with Crippen LogP contribution in [0.1, 0.15) is 46.0 Å². The number of carbonyl (C=O) groups is 2. The van der Waals surface area contributed by atoms with E-state index < -0.39 is 11.4 Å². The van der Waals surface area contributed by atoms with Crippen LogP contribution in [0.25, 0.3) is 0 Å². The highest BCUT2D eigenvalue weighted by molar-refractivity contribution is 6.03. The molecule has 0 heterocycles. The van der Waals surface area contributed by atoms with Gasteiger partial charge in [0.15, 0.2) is 0 Å². The zero-order valence-electron chi connectivity index (χ0n) is 9.99. The number of carbonyl (C=O) groups excluding carboxylic acids is 1. The minimum atomic E-state index is -1.17. The van der Waals surface area contributed by atoms with Crippen LogP contribution in [0.15, 0.2) is 0 Å². The highest BCUT2D eigenvalue weighted by atomic mass is 16.5.